The highest BCUT2D eigenvalue weighted by atomic mass is 16.5. The van der Waals surface area contributed by atoms with Crippen molar-refractivity contribution < 1.29 is 23.6 Å². The number of fused-ring (bicyclic) bond motifs is 1. The maximum Gasteiger partial charge on any atom is 0.292 e. The van der Waals surface area contributed by atoms with E-state index in [0.717, 1.165) is 12.0 Å². The van der Waals surface area contributed by atoms with E-state index in [2.05, 4.69) is 21.0 Å². The number of aryl methyl sites for hydroxylation is 2. The second-order valence-electron chi connectivity index (χ2n) is 7.03. The number of hydrazone groups is 1. The highest BCUT2D eigenvalue weighted by Gasteiger charge is 2.28. The van der Waals surface area contributed by atoms with Crippen LogP contribution in [-0.4, -0.2) is 27.8 Å². The van der Waals surface area contributed by atoms with E-state index in [1.165, 1.54) is 24.3 Å². The Labute approximate surface area is 171 Å². The molecule has 0 fully saturated rings. The molecule has 3 N–H and O–H groups in total. The second kappa shape index (κ2) is 7.86. The Morgan fingerprint density at radius 2 is 1.90 bits per heavy atom. The molecule has 4 rings (SSSR count). The third-order valence-electron chi connectivity index (χ3n) is 4.82. The number of hydrogen-bond donors (Lipinski definition) is 3. The summed E-state index contributed by atoms with van der Waals surface area (Å²) in [5.74, 6) is 0.993. The van der Waals surface area contributed by atoms with Gasteiger partial charge in [-0.05, 0) is 51.0 Å². The molecule has 1 aliphatic carbocycles. The van der Waals surface area contributed by atoms with Crippen LogP contribution in [0.3, 0.4) is 0 Å². The molecule has 3 aromatic rings. The first-order chi connectivity index (χ1) is 14.4. The first-order valence-corrected chi connectivity index (χ1v) is 9.45. The Hall–Kier alpha value is -3.88. The van der Waals surface area contributed by atoms with Crippen LogP contribution in [0.25, 0.3) is 0 Å². The van der Waals surface area contributed by atoms with Crippen LogP contribution in [0.2, 0.25) is 0 Å². The van der Waals surface area contributed by atoms with Gasteiger partial charge in [0.2, 0.25) is 0 Å². The van der Waals surface area contributed by atoms with E-state index < -0.39 is 11.8 Å². The molecule has 0 atom stereocenters. The maximum atomic E-state index is 12.6. The zero-order chi connectivity index (χ0) is 21.3. The Morgan fingerprint density at radius 1 is 1.13 bits per heavy atom. The smallest absolute Gasteiger partial charge is 0.292 e. The van der Waals surface area contributed by atoms with Gasteiger partial charge >= 0.3 is 0 Å². The lowest BCUT2D eigenvalue weighted by molar-refractivity contribution is 0.0953. The number of carbonyl (C=O) groups excluding carboxylic acids is 2. The summed E-state index contributed by atoms with van der Waals surface area (Å²) >= 11 is 0. The molecule has 0 aliphatic heterocycles. The van der Waals surface area contributed by atoms with Gasteiger partial charge in [-0.1, -0.05) is 5.16 Å². The minimum Gasteiger partial charge on any atom is -0.508 e. The van der Waals surface area contributed by atoms with Gasteiger partial charge in [0.25, 0.3) is 11.8 Å². The van der Waals surface area contributed by atoms with Crippen molar-refractivity contribution in [3.05, 3.63) is 64.3 Å². The van der Waals surface area contributed by atoms with Crippen LogP contribution in [0.4, 0.5) is 5.82 Å². The zero-order valence-corrected chi connectivity index (χ0v) is 16.5. The van der Waals surface area contributed by atoms with Gasteiger partial charge in [0, 0.05) is 29.2 Å². The second-order valence-corrected chi connectivity index (χ2v) is 7.03. The number of nitrogens with zero attached hydrogens (tertiary/aromatic N) is 2. The SMILES string of the molecule is Cc1cc(NC(=O)c2oc3c(c2C)/C(=N/NC(=O)c2ccc(O)cc2)CCC3)no1. The van der Waals surface area contributed by atoms with Crippen LogP contribution in [0.5, 0.6) is 5.75 Å². The van der Waals surface area contributed by atoms with E-state index in [0.29, 0.717) is 47.0 Å². The molecule has 0 radical (unpaired) electrons. The fourth-order valence-electron chi connectivity index (χ4n) is 3.39. The van der Waals surface area contributed by atoms with Gasteiger partial charge in [-0.3, -0.25) is 9.59 Å². The van der Waals surface area contributed by atoms with Crippen molar-refractivity contribution in [1.29, 1.82) is 0 Å². The molecule has 0 saturated carbocycles. The Morgan fingerprint density at radius 3 is 2.60 bits per heavy atom. The van der Waals surface area contributed by atoms with Crippen LogP contribution < -0.4 is 10.7 Å². The average Bonchev–Trinajstić information content (AvgIpc) is 3.29. The summed E-state index contributed by atoms with van der Waals surface area (Å²) < 4.78 is 10.8. The number of anilines is 1. The summed E-state index contributed by atoms with van der Waals surface area (Å²) in [6, 6.07) is 7.49. The zero-order valence-electron chi connectivity index (χ0n) is 16.5. The van der Waals surface area contributed by atoms with Crippen molar-refractivity contribution in [1.82, 2.24) is 10.6 Å². The monoisotopic (exact) mass is 408 g/mol. The van der Waals surface area contributed by atoms with E-state index in [1.54, 1.807) is 19.9 Å². The van der Waals surface area contributed by atoms with E-state index in [4.69, 9.17) is 8.94 Å². The Bertz CT molecular complexity index is 1140. The van der Waals surface area contributed by atoms with Crippen molar-refractivity contribution in [2.75, 3.05) is 5.32 Å². The molecule has 154 valence electrons. The molecule has 0 unspecified atom stereocenters. The maximum absolute atomic E-state index is 12.6. The predicted octanol–water partition coefficient (Wildman–Crippen LogP) is 3.31. The minimum atomic E-state index is -0.428. The predicted molar refractivity (Wildman–Crippen MR) is 108 cm³/mol. The van der Waals surface area contributed by atoms with Crippen molar-refractivity contribution >= 4 is 23.3 Å². The van der Waals surface area contributed by atoms with Crippen LogP contribution in [0.1, 0.15) is 56.4 Å². The number of benzene rings is 1. The molecule has 0 bridgehead atoms. The van der Waals surface area contributed by atoms with Crippen molar-refractivity contribution in [2.45, 2.75) is 33.1 Å². The Kier molecular flexibility index (Phi) is 5.09. The molecule has 2 aromatic heterocycles. The number of aromatic nitrogens is 1. The fourth-order valence-corrected chi connectivity index (χ4v) is 3.39. The van der Waals surface area contributed by atoms with E-state index in [9.17, 15) is 14.7 Å². The van der Waals surface area contributed by atoms with Gasteiger partial charge in [-0.25, -0.2) is 5.43 Å². The number of furan rings is 1. The topological polar surface area (TPSA) is 130 Å². The van der Waals surface area contributed by atoms with Gasteiger partial charge in [0.1, 0.15) is 17.3 Å². The van der Waals surface area contributed by atoms with Crippen molar-refractivity contribution in [3.63, 3.8) is 0 Å². The van der Waals surface area contributed by atoms with Crippen LogP contribution in [-0.2, 0) is 6.42 Å². The normalized spacial score (nSPS) is 14.4. The third-order valence-corrected chi connectivity index (χ3v) is 4.82. The molecular formula is C21H20N4O5. The molecular weight excluding hydrogens is 388 g/mol. The van der Waals surface area contributed by atoms with Crippen LogP contribution >= 0.6 is 0 Å². The fraction of sp³-hybridized carbons (Fsp3) is 0.238. The molecule has 1 aliphatic rings. The Balaban J connectivity index is 1.56. The van der Waals surface area contributed by atoms with E-state index in [-0.39, 0.29) is 11.5 Å². The minimum absolute atomic E-state index is 0.0791. The lowest BCUT2D eigenvalue weighted by atomic mass is 9.93. The first kappa shape index (κ1) is 19.4. The highest BCUT2D eigenvalue weighted by molar-refractivity contribution is 6.09. The molecule has 1 aromatic carbocycles. The highest BCUT2D eigenvalue weighted by Crippen LogP contribution is 2.30. The first-order valence-electron chi connectivity index (χ1n) is 9.45. The summed E-state index contributed by atoms with van der Waals surface area (Å²) in [5.41, 5.74) is 4.97. The van der Waals surface area contributed by atoms with Gasteiger partial charge in [-0.2, -0.15) is 5.10 Å². The molecule has 0 spiro atoms. The van der Waals surface area contributed by atoms with Crippen molar-refractivity contribution in [3.8, 4) is 5.75 Å². The molecule has 9 heteroatoms. The lowest BCUT2D eigenvalue weighted by Crippen LogP contribution is -2.22. The summed E-state index contributed by atoms with van der Waals surface area (Å²) in [4.78, 5) is 24.9. The number of hydrogen-bond acceptors (Lipinski definition) is 7. The number of phenols is 1. The molecule has 9 nitrogen and oxygen atoms in total. The van der Waals surface area contributed by atoms with E-state index >= 15 is 0 Å². The van der Waals surface area contributed by atoms with E-state index in [1.807, 2.05) is 0 Å². The summed E-state index contributed by atoms with van der Waals surface area (Å²) in [6.07, 6.45) is 2.11. The number of amides is 2. The summed E-state index contributed by atoms with van der Waals surface area (Å²) in [5, 5.41) is 20.0. The third kappa shape index (κ3) is 3.82. The van der Waals surface area contributed by atoms with Crippen molar-refractivity contribution in [2.24, 2.45) is 5.10 Å². The largest absolute Gasteiger partial charge is 0.508 e. The number of nitrogens with one attached hydrogen (secondary N) is 2. The quantitative estimate of drug-likeness (QED) is 0.568. The number of aromatic hydroxyl groups is 1. The van der Waals surface area contributed by atoms with Gasteiger partial charge in [0.15, 0.2) is 11.6 Å². The van der Waals surface area contributed by atoms with Crippen LogP contribution in [0, 0.1) is 13.8 Å². The van der Waals surface area contributed by atoms with Gasteiger partial charge < -0.3 is 19.4 Å². The van der Waals surface area contributed by atoms with Gasteiger partial charge in [-0.15, -0.1) is 0 Å². The average molecular weight is 408 g/mol. The lowest BCUT2D eigenvalue weighted by Gasteiger charge is -2.13. The number of phenolic OH excluding ortho intramolecular Hbond substituents is 1. The molecule has 2 amide bonds. The molecule has 0 saturated heterocycles. The van der Waals surface area contributed by atoms with Gasteiger partial charge in [0.05, 0.1) is 5.71 Å². The summed E-state index contributed by atoms with van der Waals surface area (Å²) in [6.45, 7) is 3.52. The molecule has 2 heterocycles. The number of rotatable bonds is 4. The van der Waals surface area contributed by atoms with Crippen LogP contribution in [0.15, 0.2) is 44.4 Å². The number of carbonyl (C=O) groups is 2. The molecule has 30 heavy (non-hydrogen) atoms. The standard InChI is InChI=1S/C21H20N4O5/c1-11-10-17(25-30-11)22-21(28)19-12(2)18-15(4-3-5-16(18)29-19)23-24-20(27)13-6-8-14(26)9-7-13/h6-10,26H,3-5H2,1-2H3,(H,24,27)(H,22,25,28)/b23-15+. The summed E-state index contributed by atoms with van der Waals surface area (Å²) in [7, 11) is 0.